The molecule has 0 aromatic rings. The molecule has 1 N–H and O–H groups in total. The summed E-state index contributed by atoms with van der Waals surface area (Å²) in [5, 5.41) is 3.01. The van der Waals surface area contributed by atoms with Gasteiger partial charge < -0.3 is 28.5 Å². The van der Waals surface area contributed by atoms with Crippen LogP contribution in [0.3, 0.4) is 0 Å². The van der Waals surface area contributed by atoms with Gasteiger partial charge in [0.1, 0.15) is 19.3 Å². The van der Waals surface area contributed by atoms with Crippen LogP contribution in [0.25, 0.3) is 0 Å². The van der Waals surface area contributed by atoms with E-state index in [-0.39, 0.29) is 31.3 Å². The molecule has 0 aliphatic heterocycles. The van der Waals surface area contributed by atoms with Crippen molar-refractivity contribution in [1.82, 2.24) is 5.32 Å². The Morgan fingerprint density at radius 2 is 0.821 bits per heavy atom. The van der Waals surface area contributed by atoms with Gasteiger partial charge >= 0.3 is 5.97 Å². The van der Waals surface area contributed by atoms with Gasteiger partial charge in [0.2, 0.25) is 5.91 Å². The SMILES string of the molecule is CC/C=C\C/C=C\C/C=C\C/C=C\C/C=C\CCCCCC(=O)NC(COP(=O)([O-])OCC[N+](C)(C)C)C(/C=C/CCCCCCCCCCCC)OC(=O)CCCCCCCCCC/C=C\C/C=C\C/C=C\CCCCC. The Bertz CT molecular complexity index is 1700. The van der Waals surface area contributed by atoms with Crippen molar-refractivity contribution in [3.05, 3.63) is 109 Å². The third kappa shape index (κ3) is 57.4. The fraction of sp³-hybridized carbons (Fsp3) is 0.706. The lowest BCUT2D eigenvalue weighted by atomic mass is 10.0. The van der Waals surface area contributed by atoms with Crippen molar-refractivity contribution in [2.24, 2.45) is 0 Å². The first kappa shape index (κ1) is 74.7. The fourth-order valence-electron chi connectivity index (χ4n) is 8.55. The third-order valence-corrected chi connectivity index (χ3v) is 14.4. The average Bonchev–Trinajstić information content (AvgIpc) is 3.40. The predicted molar refractivity (Wildman–Crippen MR) is 334 cm³/mol. The second kappa shape index (κ2) is 56.9. The highest BCUT2D eigenvalue weighted by atomic mass is 31.2. The van der Waals surface area contributed by atoms with Crippen molar-refractivity contribution in [3.8, 4) is 0 Å². The topological polar surface area (TPSA) is 114 Å². The van der Waals surface area contributed by atoms with Gasteiger partial charge in [-0.05, 0) is 115 Å². The van der Waals surface area contributed by atoms with E-state index in [2.05, 4.69) is 123 Å². The van der Waals surface area contributed by atoms with Crippen molar-refractivity contribution >= 4 is 19.7 Å². The van der Waals surface area contributed by atoms with Crippen LogP contribution in [-0.4, -0.2) is 69.4 Å². The van der Waals surface area contributed by atoms with Crippen molar-refractivity contribution in [2.75, 3.05) is 40.9 Å². The molecule has 1 amide bonds. The zero-order chi connectivity index (χ0) is 57.2. The van der Waals surface area contributed by atoms with Crippen LogP contribution in [-0.2, 0) is 27.9 Å². The highest BCUT2D eigenvalue weighted by Gasteiger charge is 2.27. The van der Waals surface area contributed by atoms with Crippen molar-refractivity contribution in [1.29, 1.82) is 0 Å². The fourth-order valence-corrected chi connectivity index (χ4v) is 9.28. The van der Waals surface area contributed by atoms with Gasteiger partial charge in [-0.3, -0.25) is 14.2 Å². The number of rotatable bonds is 56. The molecule has 0 aliphatic carbocycles. The molecule has 0 rings (SSSR count). The number of allylic oxidation sites excluding steroid dienone is 17. The summed E-state index contributed by atoms with van der Waals surface area (Å²) in [6.07, 6.45) is 77.7. The minimum atomic E-state index is -4.72. The molecule has 0 spiro atoms. The smallest absolute Gasteiger partial charge is 0.306 e. The molecule has 0 heterocycles. The predicted octanol–water partition coefficient (Wildman–Crippen LogP) is 19.1. The highest BCUT2D eigenvalue weighted by molar-refractivity contribution is 7.45. The van der Waals surface area contributed by atoms with Crippen LogP contribution in [0, 0.1) is 0 Å². The first-order chi connectivity index (χ1) is 37.9. The van der Waals surface area contributed by atoms with Gasteiger partial charge in [0.05, 0.1) is 33.8 Å². The number of phosphoric acid groups is 1. The van der Waals surface area contributed by atoms with Gasteiger partial charge in [-0.25, -0.2) is 0 Å². The molecular formula is C68H119N2O7P. The molecule has 78 heavy (non-hydrogen) atoms. The average molecular weight is 1110 g/mol. The number of hydrogen-bond acceptors (Lipinski definition) is 7. The molecule has 0 fully saturated rings. The second-order valence-corrected chi connectivity index (χ2v) is 23.6. The maximum absolute atomic E-state index is 13.5. The summed E-state index contributed by atoms with van der Waals surface area (Å²) in [5.74, 6) is -0.592. The number of phosphoric ester groups is 1. The van der Waals surface area contributed by atoms with Gasteiger partial charge in [0.25, 0.3) is 7.82 Å². The summed E-state index contributed by atoms with van der Waals surface area (Å²) in [7, 11) is 1.14. The molecule has 3 unspecified atom stereocenters. The highest BCUT2D eigenvalue weighted by Crippen LogP contribution is 2.38. The van der Waals surface area contributed by atoms with Gasteiger partial charge in [-0.15, -0.1) is 0 Å². The Balaban J connectivity index is 5.31. The minimum absolute atomic E-state index is 0.0358. The van der Waals surface area contributed by atoms with Crippen LogP contribution in [0.2, 0.25) is 0 Å². The molecule has 0 bridgehead atoms. The van der Waals surface area contributed by atoms with Crippen LogP contribution in [0.1, 0.15) is 258 Å². The summed E-state index contributed by atoms with van der Waals surface area (Å²) in [4.78, 5) is 40.0. The molecule has 0 aromatic heterocycles. The van der Waals surface area contributed by atoms with Crippen LogP contribution in [0.15, 0.2) is 109 Å². The largest absolute Gasteiger partial charge is 0.756 e. The Kier molecular flexibility index (Phi) is 54.5. The maximum atomic E-state index is 13.5. The Hall–Kier alpha value is -3.33. The third-order valence-electron chi connectivity index (χ3n) is 13.4. The van der Waals surface area contributed by atoms with E-state index in [1.54, 1.807) is 0 Å². The van der Waals surface area contributed by atoms with E-state index in [4.69, 9.17) is 13.8 Å². The summed E-state index contributed by atoms with van der Waals surface area (Å²) in [5.41, 5.74) is 0. The van der Waals surface area contributed by atoms with Gasteiger partial charge in [-0.1, -0.05) is 240 Å². The van der Waals surface area contributed by atoms with E-state index in [0.29, 0.717) is 23.9 Å². The summed E-state index contributed by atoms with van der Waals surface area (Å²) >= 11 is 0. The monoisotopic (exact) mass is 1110 g/mol. The molecule has 10 heteroatoms. The molecule has 0 saturated carbocycles. The number of unbranched alkanes of at least 4 members (excludes halogenated alkanes) is 24. The van der Waals surface area contributed by atoms with Gasteiger partial charge in [-0.2, -0.15) is 0 Å². The number of carbonyl (C=O) groups is 2. The number of amides is 1. The maximum Gasteiger partial charge on any atom is 0.306 e. The van der Waals surface area contributed by atoms with Crippen molar-refractivity contribution < 1.29 is 37.3 Å². The zero-order valence-corrected chi connectivity index (χ0v) is 52.0. The molecule has 0 aromatic carbocycles. The number of quaternary nitrogens is 1. The molecule has 3 atom stereocenters. The number of esters is 1. The van der Waals surface area contributed by atoms with E-state index in [9.17, 15) is 19.0 Å². The standard InChI is InChI=1S/C68H119N2O7P/c1-7-10-13-16-19-22-25-28-30-32-34-35-37-39-41-43-46-49-52-55-58-61-68(72)77-66(59-56-53-50-47-44-27-24-21-18-15-12-9-3)65(64-76-78(73,74)75-63-62-70(4,5)6)69-67(71)60-57-54-51-48-45-42-40-38-36-33-31-29-26-23-20-17-14-11-8-2/h11,14,19-20,22-23,28-31,34-36,38,42,45,56,59,65-66H,7-10,12-13,15-18,21,24-27,32-33,37,39-41,43-44,46-55,57-58,60-64H2,1-6H3,(H-,69,71,73,74)/b14-11-,22-19-,23-20-,30-28-,31-29-,35-34-,38-36-,45-42-,59-56+. The normalized spacial score (nSPS) is 14.4. The number of ether oxygens (including phenoxy) is 1. The number of nitrogens with zero attached hydrogens (tertiary/aromatic N) is 1. The molecule has 0 radical (unpaired) electrons. The van der Waals surface area contributed by atoms with E-state index >= 15 is 0 Å². The Labute approximate surface area is 481 Å². The number of likely N-dealkylation sites (N-methyl/N-ethyl adjacent to an activating group) is 1. The summed E-state index contributed by atoms with van der Waals surface area (Å²) in [6, 6.07) is -0.916. The van der Waals surface area contributed by atoms with E-state index in [1.165, 1.54) is 103 Å². The van der Waals surface area contributed by atoms with Crippen LogP contribution in [0.5, 0.6) is 0 Å². The van der Waals surface area contributed by atoms with Crippen LogP contribution >= 0.6 is 7.82 Å². The summed E-state index contributed by atoms with van der Waals surface area (Å²) in [6.45, 7) is 6.66. The number of nitrogens with one attached hydrogen (secondary N) is 1. The van der Waals surface area contributed by atoms with Crippen LogP contribution in [0.4, 0.5) is 0 Å². The first-order valence-electron chi connectivity index (χ1n) is 31.7. The lowest BCUT2D eigenvalue weighted by molar-refractivity contribution is -0.870. The van der Waals surface area contributed by atoms with Gasteiger partial charge in [0, 0.05) is 12.8 Å². The quantitative estimate of drug-likeness (QED) is 0.0212. The second-order valence-electron chi connectivity index (χ2n) is 22.2. The van der Waals surface area contributed by atoms with E-state index in [0.717, 1.165) is 109 Å². The lowest BCUT2D eigenvalue weighted by Crippen LogP contribution is -2.47. The van der Waals surface area contributed by atoms with E-state index in [1.807, 2.05) is 33.3 Å². The number of hydrogen-bond donors (Lipinski definition) is 1. The molecule has 448 valence electrons. The van der Waals surface area contributed by atoms with Crippen molar-refractivity contribution in [2.45, 2.75) is 270 Å². The first-order valence-corrected chi connectivity index (χ1v) is 33.2. The molecule has 0 saturated heterocycles. The summed E-state index contributed by atoms with van der Waals surface area (Å²) < 4.78 is 30.3. The van der Waals surface area contributed by atoms with E-state index < -0.39 is 26.6 Å². The minimum Gasteiger partial charge on any atom is -0.756 e. The molecule has 9 nitrogen and oxygen atoms in total. The zero-order valence-electron chi connectivity index (χ0n) is 51.1. The number of carbonyl (C=O) groups excluding carboxylic acids is 2. The van der Waals surface area contributed by atoms with Crippen LogP contribution < -0.4 is 10.2 Å². The Morgan fingerprint density at radius 1 is 0.462 bits per heavy atom. The van der Waals surface area contributed by atoms with Gasteiger partial charge in [0.15, 0.2) is 0 Å². The lowest BCUT2D eigenvalue weighted by Gasteiger charge is -2.30. The molecular weight excluding hydrogens is 988 g/mol. The van der Waals surface area contributed by atoms with Crippen molar-refractivity contribution in [3.63, 3.8) is 0 Å². The molecule has 0 aliphatic rings. The Morgan fingerprint density at radius 3 is 1.27 bits per heavy atom.